The van der Waals surface area contributed by atoms with Gasteiger partial charge in [-0.3, -0.25) is 4.90 Å². The highest BCUT2D eigenvalue weighted by atomic mass is 19.1. The largest absolute Gasteiger partial charge is 0.461 e. The van der Waals surface area contributed by atoms with E-state index < -0.39 is 47.0 Å². The molecule has 1 saturated carbocycles. The van der Waals surface area contributed by atoms with Crippen LogP contribution >= 0.6 is 0 Å². The van der Waals surface area contributed by atoms with Crippen LogP contribution in [0.4, 0.5) is 19.3 Å². The van der Waals surface area contributed by atoms with E-state index in [-0.39, 0.29) is 35.8 Å². The number of aryl methyl sites for hydroxylation is 1. The second-order valence-corrected chi connectivity index (χ2v) is 11.7. The molecule has 0 radical (unpaired) electrons. The molecule has 258 valence electrons. The van der Waals surface area contributed by atoms with E-state index in [1.165, 1.54) is 21.7 Å². The first-order chi connectivity index (χ1) is 24.2. The van der Waals surface area contributed by atoms with Gasteiger partial charge in [-0.25, -0.2) is 32.6 Å². The number of anilines is 1. The summed E-state index contributed by atoms with van der Waals surface area (Å²) >= 11 is 0. The summed E-state index contributed by atoms with van der Waals surface area (Å²) in [7, 11) is 0. The fourth-order valence-electron chi connectivity index (χ4n) is 5.96. The second-order valence-electron chi connectivity index (χ2n) is 11.7. The predicted octanol–water partition coefficient (Wildman–Crippen LogP) is 5.54. The van der Waals surface area contributed by atoms with Crippen molar-refractivity contribution in [1.82, 2.24) is 29.6 Å². The number of aromatic nitrogens is 6. The van der Waals surface area contributed by atoms with Crippen LogP contribution in [-0.4, -0.2) is 60.2 Å². The Morgan fingerprint density at radius 3 is 2.28 bits per heavy atom. The molecular weight excluding hydrogens is 652 g/mol. The minimum atomic E-state index is -1.18. The van der Waals surface area contributed by atoms with Gasteiger partial charge in [0, 0.05) is 17.4 Å². The maximum absolute atomic E-state index is 14.6. The van der Waals surface area contributed by atoms with Gasteiger partial charge in [-0.2, -0.15) is 9.78 Å². The Balaban J connectivity index is 1.44. The smallest absolute Gasteiger partial charge is 0.377 e. The summed E-state index contributed by atoms with van der Waals surface area (Å²) in [5, 5.41) is 11.7. The van der Waals surface area contributed by atoms with Crippen LogP contribution in [0.5, 0.6) is 0 Å². The lowest BCUT2D eigenvalue weighted by Gasteiger charge is -2.34. The van der Waals surface area contributed by atoms with Gasteiger partial charge in [-0.1, -0.05) is 55.7 Å². The van der Waals surface area contributed by atoms with E-state index in [9.17, 15) is 28.0 Å². The molecule has 1 fully saturated rings. The number of carbonyl (C=O) groups excluding carboxylic acids is 3. The van der Waals surface area contributed by atoms with Crippen LogP contribution in [-0.2, 0) is 16.1 Å². The number of tetrazole rings is 1. The average molecular weight is 686 g/mol. The highest BCUT2D eigenvalue weighted by molar-refractivity contribution is 5.98. The minimum Gasteiger partial charge on any atom is -0.461 e. The quantitative estimate of drug-likeness (QED) is 0.144. The molecular formula is C35H33F2N7O6. The molecule has 2 heterocycles. The Morgan fingerprint density at radius 1 is 0.860 bits per heavy atom. The molecule has 0 spiro atoms. The van der Waals surface area contributed by atoms with Gasteiger partial charge in [0.05, 0.1) is 17.9 Å². The van der Waals surface area contributed by atoms with Crippen molar-refractivity contribution >= 4 is 23.7 Å². The normalized spacial score (nSPS) is 13.2. The van der Waals surface area contributed by atoms with Crippen LogP contribution in [0.3, 0.4) is 0 Å². The third-order valence-corrected chi connectivity index (χ3v) is 8.35. The van der Waals surface area contributed by atoms with E-state index in [1.807, 2.05) is 18.2 Å². The SMILES string of the molecule is CCOC(=O)c1cc(C)n(-c2ccc(N(C(=O)n3nnn(-c4c(F)cccc4F)c3=O)C3CCCCC3)cc2C(=O)OCc2ccccc2)n1. The van der Waals surface area contributed by atoms with Crippen LogP contribution in [0, 0.1) is 18.6 Å². The van der Waals surface area contributed by atoms with E-state index in [2.05, 4.69) is 15.5 Å². The van der Waals surface area contributed by atoms with Crippen molar-refractivity contribution in [2.75, 3.05) is 11.5 Å². The zero-order chi connectivity index (χ0) is 35.4. The summed E-state index contributed by atoms with van der Waals surface area (Å²) in [6.45, 7) is 3.47. The maximum Gasteiger partial charge on any atom is 0.377 e. The van der Waals surface area contributed by atoms with Gasteiger partial charge in [0.2, 0.25) is 0 Å². The number of esters is 2. The van der Waals surface area contributed by atoms with Crippen molar-refractivity contribution in [1.29, 1.82) is 0 Å². The lowest BCUT2D eigenvalue weighted by atomic mass is 9.93. The van der Waals surface area contributed by atoms with Crippen LogP contribution in [0.2, 0.25) is 0 Å². The summed E-state index contributed by atoms with van der Waals surface area (Å²) in [6.07, 6.45) is 3.69. The first-order valence-corrected chi connectivity index (χ1v) is 16.1. The third-order valence-electron chi connectivity index (χ3n) is 8.35. The number of amides is 1. The van der Waals surface area contributed by atoms with Crippen molar-refractivity contribution in [3.63, 3.8) is 0 Å². The lowest BCUT2D eigenvalue weighted by Crippen LogP contribution is -2.47. The summed E-state index contributed by atoms with van der Waals surface area (Å²) < 4.78 is 42.2. The molecule has 1 aliphatic carbocycles. The van der Waals surface area contributed by atoms with Crippen molar-refractivity contribution in [3.8, 4) is 11.4 Å². The second kappa shape index (κ2) is 14.6. The van der Waals surface area contributed by atoms with Gasteiger partial charge in [-0.05, 0) is 79.1 Å². The first-order valence-electron chi connectivity index (χ1n) is 16.1. The molecule has 1 amide bonds. The topological polar surface area (TPSA) is 143 Å². The Bertz CT molecular complexity index is 2080. The fraction of sp³-hybridized carbons (Fsp3) is 0.286. The lowest BCUT2D eigenvalue weighted by molar-refractivity contribution is 0.0471. The number of nitrogens with zero attached hydrogens (tertiary/aromatic N) is 7. The third kappa shape index (κ3) is 6.79. The molecule has 0 atom stereocenters. The number of hydrogen-bond acceptors (Lipinski definition) is 9. The minimum absolute atomic E-state index is 0.0121. The van der Waals surface area contributed by atoms with Crippen molar-refractivity contribution < 1.29 is 32.6 Å². The molecule has 0 bridgehead atoms. The van der Waals surface area contributed by atoms with Crippen molar-refractivity contribution in [2.45, 2.75) is 58.6 Å². The molecule has 0 unspecified atom stereocenters. The predicted molar refractivity (Wildman–Crippen MR) is 175 cm³/mol. The highest BCUT2D eigenvalue weighted by Gasteiger charge is 2.33. The van der Waals surface area contributed by atoms with Gasteiger partial charge in [0.1, 0.15) is 12.3 Å². The number of para-hydroxylation sites is 1. The average Bonchev–Trinajstić information content (AvgIpc) is 3.70. The van der Waals surface area contributed by atoms with Crippen molar-refractivity contribution in [2.24, 2.45) is 0 Å². The first kappa shape index (κ1) is 33.9. The molecule has 15 heteroatoms. The van der Waals surface area contributed by atoms with E-state index in [0.717, 1.165) is 43.0 Å². The molecule has 2 aromatic heterocycles. The molecule has 5 aromatic rings. The number of hydrogen-bond donors (Lipinski definition) is 0. The van der Waals surface area contributed by atoms with E-state index in [1.54, 1.807) is 38.1 Å². The molecule has 0 saturated heterocycles. The van der Waals surface area contributed by atoms with Crippen LogP contribution in [0.15, 0.2) is 77.6 Å². The van der Waals surface area contributed by atoms with Gasteiger partial charge >= 0.3 is 23.7 Å². The van der Waals surface area contributed by atoms with E-state index >= 15 is 0 Å². The number of rotatable bonds is 9. The summed E-state index contributed by atoms with van der Waals surface area (Å²) in [5.41, 5.74) is -0.168. The summed E-state index contributed by atoms with van der Waals surface area (Å²) in [5.74, 6) is -3.51. The molecule has 1 aliphatic rings. The molecule has 0 aliphatic heterocycles. The van der Waals surface area contributed by atoms with Crippen molar-refractivity contribution in [3.05, 3.63) is 117 Å². The Hall–Kier alpha value is -5.99. The monoisotopic (exact) mass is 685 g/mol. The molecule has 0 N–H and O–H groups in total. The Kier molecular flexibility index (Phi) is 9.92. The van der Waals surface area contributed by atoms with E-state index in [0.29, 0.717) is 27.9 Å². The highest BCUT2D eigenvalue weighted by Crippen LogP contribution is 2.31. The molecule has 13 nitrogen and oxygen atoms in total. The van der Waals surface area contributed by atoms with E-state index in [4.69, 9.17) is 9.47 Å². The van der Waals surface area contributed by atoms with Gasteiger partial charge < -0.3 is 9.47 Å². The number of benzene rings is 3. The number of ether oxygens (including phenoxy) is 2. The fourth-order valence-corrected chi connectivity index (χ4v) is 5.96. The van der Waals surface area contributed by atoms with Crippen LogP contribution < -0.4 is 10.6 Å². The summed E-state index contributed by atoms with van der Waals surface area (Å²) in [6, 6.07) is 16.9. The summed E-state index contributed by atoms with van der Waals surface area (Å²) in [4.78, 5) is 55.3. The van der Waals surface area contributed by atoms with Crippen LogP contribution in [0.25, 0.3) is 11.4 Å². The number of carbonyl (C=O) groups is 3. The van der Waals surface area contributed by atoms with Crippen LogP contribution in [0.1, 0.15) is 71.1 Å². The standard InChI is InChI=1S/C35H33F2N7O6/c1-3-49-33(46)29-19-22(2)42(38-29)30-18-17-25(20-26(30)32(45)50-21-23-11-6-4-7-12-23)41(24-13-8-5-9-14-24)34(47)44-35(48)43(39-40-44)31-27(36)15-10-16-28(31)37/h4,6-7,10-12,15-20,24H,3,5,8-9,13-14,21H2,1-2H3. The number of halogens is 2. The molecule has 3 aromatic carbocycles. The molecule has 6 rings (SSSR count). The Morgan fingerprint density at radius 2 is 1.58 bits per heavy atom. The Labute approximate surface area is 284 Å². The molecule has 50 heavy (non-hydrogen) atoms. The maximum atomic E-state index is 14.6. The zero-order valence-corrected chi connectivity index (χ0v) is 27.3. The zero-order valence-electron chi connectivity index (χ0n) is 27.3. The van der Waals surface area contributed by atoms with Gasteiger partial charge in [-0.15, -0.1) is 4.68 Å². The van der Waals surface area contributed by atoms with Gasteiger partial charge in [0.25, 0.3) is 0 Å². The van der Waals surface area contributed by atoms with Gasteiger partial charge in [0.15, 0.2) is 17.3 Å².